The van der Waals surface area contributed by atoms with E-state index in [0.717, 1.165) is 24.6 Å². The molecule has 0 radical (unpaired) electrons. The monoisotopic (exact) mass is 382 g/mol. The molecule has 0 aromatic heterocycles. The first-order chi connectivity index (χ1) is 13.5. The molecule has 6 nitrogen and oxygen atoms in total. The van der Waals surface area contributed by atoms with Crippen molar-refractivity contribution in [1.29, 1.82) is 0 Å². The Morgan fingerprint density at radius 2 is 1.75 bits per heavy atom. The van der Waals surface area contributed by atoms with Crippen LogP contribution in [0.3, 0.4) is 0 Å². The Morgan fingerprint density at radius 1 is 1.07 bits per heavy atom. The van der Waals surface area contributed by atoms with Crippen LogP contribution in [0.15, 0.2) is 53.5 Å². The van der Waals surface area contributed by atoms with E-state index in [4.69, 9.17) is 0 Å². The highest BCUT2D eigenvalue weighted by Crippen LogP contribution is 2.15. The summed E-state index contributed by atoms with van der Waals surface area (Å²) in [6, 6.07) is 16.2. The Labute approximate surface area is 167 Å². The van der Waals surface area contributed by atoms with Gasteiger partial charge in [-0.1, -0.05) is 48.9 Å². The number of amides is 1. The minimum absolute atomic E-state index is 0.383. The van der Waals surface area contributed by atoms with Crippen LogP contribution in [-0.4, -0.2) is 32.3 Å². The van der Waals surface area contributed by atoms with Crippen molar-refractivity contribution in [2.45, 2.75) is 33.2 Å². The number of anilines is 1. The molecule has 3 N–H and O–H groups in total. The minimum Gasteiger partial charge on any atom is -0.453 e. The molecule has 150 valence electrons. The lowest BCUT2D eigenvalue weighted by atomic mass is 10.0. The maximum atomic E-state index is 11.2. The lowest BCUT2D eigenvalue weighted by Crippen LogP contribution is -2.39. The van der Waals surface area contributed by atoms with Crippen LogP contribution in [0.1, 0.15) is 36.5 Å². The molecule has 1 unspecified atom stereocenters. The van der Waals surface area contributed by atoms with Gasteiger partial charge in [0.15, 0.2) is 5.96 Å². The van der Waals surface area contributed by atoms with Gasteiger partial charge in [-0.15, -0.1) is 0 Å². The molecular weight excluding hydrogens is 352 g/mol. The Morgan fingerprint density at radius 3 is 2.36 bits per heavy atom. The minimum atomic E-state index is -0.480. The Bertz CT molecular complexity index is 770. The second-order valence-electron chi connectivity index (χ2n) is 6.70. The van der Waals surface area contributed by atoms with E-state index in [9.17, 15) is 4.79 Å². The van der Waals surface area contributed by atoms with E-state index in [-0.39, 0.29) is 0 Å². The predicted molar refractivity (Wildman–Crippen MR) is 115 cm³/mol. The maximum absolute atomic E-state index is 11.2. The van der Waals surface area contributed by atoms with Gasteiger partial charge < -0.3 is 15.4 Å². The second kappa shape index (κ2) is 11.0. The number of aryl methyl sites for hydroxylation is 1. The zero-order chi connectivity index (χ0) is 20.4. The molecule has 0 bridgehead atoms. The summed E-state index contributed by atoms with van der Waals surface area (Å²) in [6.45, 7) is 8.50. The lowest BCUT2D eigenvalue weighted by molar-refractivity contribution is 0.187. The fourth-order valence-electron chi connectivity index (χ4n) is 2.64. The average molecular weight is 383 g/mol. The van der Waals surface area contributed by atoms with E-state index in [1.165, 1.54) is 18.2 Å². The van der Waals surface area contributed by atoms with E-state index in [2.05, 4.69) is 63.8 Å². The quantitative estimate of drug-likeness (QED) is 0.499. The van der Waals surface area contributed by atoms with Crippen molar-refractivity contribution >= 4 is 17.7 Å². The summed E-state index contributed by atoms with van der Waals surface area (Å²) in [5, 5.41) is 9.33. The molecule has 0 spiro atoms. The van der Waals surface area contributed by atoms with Crippen LogP contribution in [-0.2, 0) is 11.3 Å². The van der Waals surface area contributed by atoms with Crippen molar-refractivity contribution in [2.24, 2.45) is 4.99 Å². The summed E-state index contributed by atoms with van der Waals surface area (Å²) < 4.78 is 4.59. The number of benzene rings is 2. The van der Waals surface area contributed by atoms with Crippen LogP contribution in [0.4, 0.5) is 10.5 Å². The van der Waals surface area contributed by atoms with E-state index >= 15 is 0 Å². The summed E-state index contributed by atoms with van der Waals surface area (Å²) in [5.41, 5.74) is 4.32. The van der Waals surface area contributed by atoms with Crippen LogP contribution in [0, 0.1) is 6.92 Å². The SMILES string of the molecule is CCNC(=NCc1ccc(NC(=O)OC)cc1)NCC(C)c1ccc(C)cc1. The van der Waals surface area contributed by atoms with Gasteiger partial charge in [-0.25, -0.2) is 9.79 Å². The molecule has 0 fully saturated rings. The Balaban J connectivity index is 1.92. The van der Waals surface area contributed by atoms with Gasteiger partial charge >= 0.3 is 6.09 Å². The van der Waals surface area contributed by atoms with Crippen molar-refractivity contribution in [2.75, 3.05) is 25.5 Å². The number of hydrogen-bond donors (Lipinski definition) is 3. The number of nitrogens with zero attached hydrogens (tertiary/aromatic N) is 1. The standard InChI is InChI=1S/C22H30N4O2/c1-5-23-21(24-14-17(3)19-10-6-16(2)7-11-19)25-15-18-8-12-20(13-9-18)26-22(27)28-4/h6-13,17H,5,14-15H2,1-4H3,(H,26,27)(H2,23,24,25). The molecule has 2 aromatic carbocycles. The molecule has 0 aliphatic carbocycles. The van der Waals surface area contributed by atoms with Crippen LogP contribution < -0.4 is 16.0 Å². The van der Waals surface area contributed by atoms with Crippen LogP contribution in [0.25, 0.3) is 0 Å². The second-order valence-corrected chi connectivity index (χ2v) is 6.70. The Kier molecular flexibility index (Phi) is 8.34. The van der Waals surface area contributed by atoms with Gasteiger partial charge in [0.25, 0.3) is 0 Å². The first-order valence-electron chi connectivity index (χ1n) is 9.54. The molecule has 0 saturated carbocycles. The third-order valence-corrected chi connectivity index (χ3v) is 4.37. The van der Waals surface area contributed by atoms with Gasteiger partial charge in [0, 0.05) is 18.8 Å². The van der Waals surface area contributed by atoms with Crippen molar-refractivity contribution in [3.05, 3.63) is 65.2 Å². The first kappa shape index (κ1) is 21.3. The van der Waals surface area contributed by atoms with Crippen LogP contribution in [0.5, 0.6) is 0 Å². The van der Waals surface area contributed by atoms with E-state index < -0.39 is 6.09 Å². The summed E-state index contributed by atoms with van der Waals surface area (Å²) in [5.74, 6) is 1.17. The zero-order valence-electron chi connectivity index (χ0n) is 17.1. The Hall–Kier alpha value is -3.02. The molecule has 2 aromatic rings. The largest absolute Gasteiger partial charge is 0.453 e. The molecule has 28 heavy (non-hydrogen) atoms. The molecule has 1 amide bonds. The van der Waals surface area contributed by atoms with Crippen molar-refractivity contribution in [3.8, 4) is 0 Å². The van der Waals surface area contributed by atoms with Gasteiger partial charge in [0.1, 0.15) is 0 Å². The smallest absolute Gasteiger partial charge is 0.411 e. The number of rotatable bonds is 7. The van der Waals surface area contributed by atoms with Crippen molar-refractivity contribution in [3.63, 3.8) is 0 Å². The van der Waals surface area contributed by atoms with Gasteiger partial charge in [-0.2, -0.15) is 0 Å². The highest BCUT2D eigenvalue weighted by Gasteiger charge is 2.07. The average Bonchev–Trinajstić information content (AvgIpc) is 2.71. The molecule has 0 aliphatic heterocycles. The number of hydrogen-bond acceptors (Lipinski definition) is 3. The number of aliphatic imine (C=N–C) groups is 1. The third kappa shape index (κ3) is 6.95. The fourth-order valence-corrected chi connectivity index (χ4v) is 2.64. The maximum Gasteiger partial charge on any atom is 0.411 e. The molecule has 0 heterocycles. The molecule has 0 aliphatic rings. The normalized spacial score (nSPS) is 12.2. The van der Waals surface area contributed by atoms with Crippen molar-refractivity contribution < 1.29 is 9.53 Å². The number of ether oxygens (including phenoxy) is 1. The summed E-state index contributed by atoms with van der Waals surface area (Å²) in [7, 11) is 1.34. The predicted octanol–water partition coefficient (Wildman–Crippen LogP) is 4.03. The molecule has 0 saturated heterocycles. The fraction of sp³-hybridized carbons (Fsp3) is 0.364. The first-order valence-corrected chi connectivity index (χ1v) is 9.54. The van der Waals surface area contributed by atoms with Gasteiger partial charge in [0.2, 0.25) is 0 Å². The topological polar surface area (TPSA) is 74.8 Å². The molecular formula is C22H30N4O2. The molecule has 1 atom stereocenters. The van der Waals surface area contributed by atoms with Gasteiger partial charge in [-0.05, 0) is 43.0 Å². The highest BCUT2D eigenvalue weighted by molar-refractivity contribution is 5.84. The molecule has 6 heteroatoms. The summed E-state index contributed by atoms with van der Waals surface area (Å²) in [4.78, 5) is 15.9. The number of guanidine groups is 1. The number of carbonyl (C=O) groups is 1. The van der Waals surface area contributed by atoms with Crippen LogP contribution >= 0.6 is 0 Å². The van der Waals surface area contributed by atoms with Gasteiger partial charge in [0.05, 0.1) is 13.7 Å². The number of carbonyl (C=O) groups excluding carboxylic acids is 1. The molecule has 2 rings (SSSR count). The van der Waals surface area contributed by atoms with E-state index in [1.807, 2.05) is 31.2 Å². The van der Waals surface area contributed by atoms with E-state index in [1.54, 1.807) is 0 Å². The summed E-state index contributed by atoms with van der Waals surface area (Å²) in [6.07, 6.45) is -0.480. The van der Waals surface area contributed by atoms with Crippen molar-refractivity contribution in [1.82, 2.24) is 10.6 Å². The lowest BCUT2D eigenvalue weighted by Gasteiger charge is -2.16. The van der Waals surface area contributed by atoms with Crippen LogP contribution in [0.2, 0.25) is 0 Å². The number of nitrogens with one attached hydrogen (secondary N) is 3. The summed E-state index contributed by atoms with van der Waals surface area (Å²) >= 11 is 0. The third-order valence-electron chi connectivity index (χ3n) is 4.37. The van der Waals surface area contributed by atoms with E-state index in [0.29, 0.717) is 18.2 Å². The highest BCUT2D eigenvalue weighted by atomic mass is 16.5. The zero-order valence-corrected chi connectivity index (χ0v) is 17.1. The van der Waals surface area contributed by atoms with Gasteiger partial charge in [-0.3, -0.25) is 5.32 Å². The number of methoxy groups -OCH3 is 1.